The second-order valence-corrected chi connectivity index (χ2v) is 8.85. The third-order valence-electron chi connectivity index (χ3n) is 6.69. The number of carbonyl (C=O) groups is 1. The van der Waals surface area contributed by atoms with Crippen molar-refractivity contribution in [3.63, 3.8) is 0 Å². The van der Waals surface area contributed by atoms with Crippen LogP contribution in [-0.4, -0.2) is 31.0 Å². The lowest BCUT2D eigenvalue weighted by Crippen LogP contribution is -2.04. The maximum absolute atomic E-state index is 12.7. The molecule has 0 aliphatic carbocycles. The Morgan fingerprint density at radius 3 is 1.41 bits per heavy atom. The molecule has 7 rings (SSSR count). The first kappa shape index (κ1) is 21.1. The number of fused-ring (bicyclic) bond motifs is 6. The summed E-state index contributed by atoms with van der Waals surface area (Å²) in [5.74, 6) is -1.04. The zero-order valence-electron chi connectivity index (χ0n) is 19.5. The van der Waals surface area contributed by atoms with Gasteiger partial charge in [0.05, 0.1) is 39.0 Å². The van der Waals surface area contributed by atoms with Gasteiger partial charge < -0.3 is 5.11 Å². The number of carboxylic acid groups (broad SMARTS) is 1. The van der Waals surface area contributed by atoms with Crippen molar-refractivity contribution in [2.45, 2.75) is 0 Å². The summed E-state index contributed by atoms with van der Waals surface area (Å²) in [5, 5.41) is 14.2. The van der Waals surface area contributed by atoms with E-state index >= 15 is 0 Å². The number of aromatic carboxylic acids is 1. The van der Waals surface area contributed by atoms with Gasteiger partial charge in [-0.3, -0.25) is 9.97 Å². The summed E-state index contributed by atoms with van der Waals surface area (Å²) in [4.78, 5) is 31.5. The van der Waals surface area contributed by atoms with Gasteiger partial charge in [-0.25, -0.2) is 14.8 Å². The predicted molar refractivity (Wildman–Crippen MR) is 145 cm³/mol. The minimum Gasteiger partial charge on any atom is -0.478 e. The molecule has 4 aromatic heterocycles. The summed E-state index contributed by atoms with van der Waals surface area (Å²) >= 11 is 0. The van der Waals surface area contributed by atoms with E-state index in [9.17, 15) is 9.90 Å². The molecule has 0 unspecified atom stereocenters. The second-order valence-electron chi connectivity index (χ2n) is 8.85. The van der Waals surface area contributed by atoms with Crippen molar-refractivity contribution < 1.29 is 9.90 Å². The maximum atomic E-state index is 12.7. The van der Waals surface area contributed by atoms with Gasteiger partial charge >= 0.3 is 5.97 Å². The Kier molecular flexibility index (Phi) is 4.66. The first-order valence-corrected chi connectivity index (χ1v) is 11.8. The van der Waals surface area contributed by atoms with Crippen LogP contribution in [0.5, 0.6) is 0 Å². The molecular weight excluding hydrogens is 460 g/mol. The summed E-state index contributed by atoms with van der Waals surface area (Å²) in [7, 11) is 0. The summed E-state index contributed by atoms with van der Waals surface area (Å²) in [6.45, 7) is 0. The number of hydrogen-bond acceptors (Lipinski definition) is 5. The Balaban J connectivity index is 1.47. The average molecular weight is 479 g/mol. The molecule has 7 aromatic rings. The van der Waals surface area contributed by atoms with E-state index in [1.165, 1.54) is 0 Å². The molecule has 0 amide bonds. The smallest absolute Gasteiger partial charge is 0.337 e. The minimum atomic E-state index is -1.04. The molecule has 174 valence electrons. The van der Waals surface area contributed by atoms with Crippen LogP contribution in [0.25, 0.3) is 66.1 Å². The van der Waals surface area contributed by atoms with E-state index in [4.69, 9.17) is 9.97 Å². The molecule has 0 aliphatic heterocycles. The monoisotopic (exact) mass is 478 g/mol. The SMILES string of the molecule is O=C(O)c1c(-c2ccc3ccc4cccnc4c3n2)cccc1-c1ccc2ccc3cccnc3c2n1. The van der Waals surface area contributed by atoms with Crippen LogP contribution in [0.2, 0.25) is 0 Å². The van der Waals surface area contributed by atoms with Crippen molar-refractivity contribution in [1.29, 1.82) is 0 Å². The Hall–Kier alpha value is -5.23. The van der Waals surface area contributed by atoms with Gasteiger partial charge in [0.1, 0.15) is 0 Å². The van der Waals surface area contributed by atoms with Crippen LogP contribution in [0.15, 0.2) is 103 Å². The Morgan fingerprint density at radius 1 is 0.514 bits per heavy atom. The molecule has 0 saturated carbocycles. The van der Waals surface area contributed by atoms with E-state index in [0.717, 1.165) is 43.6 Å². The summed E-state index contributed by atoms with van der Waals surface area (Å²) in [6, 6.07) is 28.8. The van der Waals surface area contributed by atoms with Gasteiger partial charge in [0, 0.05) is 45.1 Å². The number of benzene rings is 3. The Labute approximate surface area is 210 Å². The molecule has 0 fully saturated rings. The quantitative estimate of drug-likeness (QED) is 0.278. The highest BCUT2D eigenvalue weighted by atomic mass is 16.4. The van der Waals surface area contributed by atoms with E-state index in [0.29, 0.717) is 22.5 Å². The molecule has 6 heteroatoms. The highest BCUT2D eigenvalue weighted by Crippen LogP contribution is 2.34. The molecule has 0 spiro atoms. The molecule has 6 nitrogen and oxygen atoms in total. The first-order valence-electron chi connectivity index (χ1n) is 11.8. The van der Waals surface area contributed by atoms with E-state index in [1.54, 1.807) is 24.5 Å². The first-order chi connectivity index (χ1) is 18.2. The lowest BCUT2D eigenvalue weighted by Gasteiger charge is -2.13. The number of carboxylic acids is 1. The van der Waals surface area contributed by atoms with Crippen molar-refractivity contribution in [1.82, 2.24) is 19.9 Å². The Morgan fingerprint density at radius 2 is 0.946 bits per heavy atom. The fraction of sp³-hybridized carbons (Fsp3) is 0. The van der Waals surface area contributed by atoms with Gasteiger partial charge in [-0.1, -0.05) is 66.7 Å². The van der Waals surface area contributed by atoms with E-state index in [-0.39, 0.29) is 5.56 Å². The summed E-state index contributed by atoms with van der Waals surface area (Å²) in [5.41, 5.74) is 5.38. The highest BCUT2D eigenvalue weighted by Gasteiger charge is 2.20. The molecule has 0 atom stereocenters. The fourth-order valence-electron chi connectivity index (χ4n) is 4.96. The molecule has 0 radical (unpaired) electrons. The minimum absolute atomic E-state index is 0.155. The second kappa shape index (κ2) is 8.17. The van der Waals surface area contributed by atoms with Crippen LogP contribution in [0.3, 0.4) is 0 Å². The van der Waals surface area contributed by atoms with Crippen LogP contribution in [0.4, 0.5) is 0 Å². The van der Waals surface area contributed by atoms with E-state index < -0.39 is 5.97 Å². The van der Waals surface area contributed by atoms with Crippen molar-refractivity contribution in [2.24, 2.45) is 0 Å². The number of hydrogen-bond donors (Lipinski definition) is 1. The van der Waals surface area contributed by atoms with Gasteiger partial charge in [-0.2, -0.15) is 0 Å². The van der Waals surface area contributed by atoms with Crippen LogP contribution < -0.4 is 0 Å². The van der Waals surface area contributed by atoms with Gasteiger partial charge in [-0.15, -0.1) is 0 Å². The molecule has 0 bridgehead atoms. The van der Waals surface area contributed by atoms with Crippen LogP contribution in [0.1, 0.15) is 10.4 Å². The van der Waals surface area contributed by atoms with Crippen molar-refractivity contribution in [2.75, 3.05) is 0 Å². The molecule has 0 saturated heterocycles. The molecular formula is C31H18N4O2. The van der Waals surface area contributed by atoms with Crippen LogP contribution in [-0.2, 0) is 0 Å². The van der Waals surface area contributed by atoms with Gasteiger partial charge in [-0.05, 0) is 24.3 Å². The standard InChI is InChI=1S/C31H18N4O2/c36-31(37)26-22(24-14-12-20-10-8-18-4-2-16-32-27(18)29(20)34-24)6-1-7-23(26)25-15-13-21-11-9-19-5-3-17-33-28(19)30(21)35-25/h1-17H,(H,36,37). The van der Waals surface area contributed by atoms with Crippen molar-refractivity contribution in [3.8, 4) is 22.5 Å². The topological polar surface area (TPSA) is 88.9 Å². The highest BCUT2D eigenvalue weighted by molar-refractivity contribution is 6.07. The average Bonchev–Trinajstić information content (AvgIpc) is 2.96. The maximum Gasteiger partial charge on any atom is 0.337 e. The summed E-state index contributed by atoms with van der Waals surface area (Å²) < 4.78 is 0. The Bertz CT molecular complexity index is 1900. The third-order valence-corrected chi connectivity index (χ3v) is 6.69. The van der Waals surface area contributed by atoms with Crippen LogP contribution >= 0.6 is 0 Å². The predicted octanol–water partition coefficient (Wildman–Crippen LogP) is 6.91. The fourth-order valence-corrected chi connectivity index (χ4v) is 4.96. The number of rotatable bonds is 3. The van der Waals surface area contributed by atoms with Crippen molar-refractivity contribution in [3.05, 3.63) is 109 Å². The van der Waals surface area contributed by atoms with Crippen molar-refractivity contribution >= 4 is 49.6 Å². The number of aromatic nitrogens is 4. The normalized spacial score (nSPS) is 11.5. The molecule has 4 heterocycles. The molecule has 3 aromatic carbocycles. The molecule has 0 aliphatic rings. The van der Waals surface area contributed by atoms with Crippen LogP contribution in [0, 0.1) is 0 Å². The van der Waals surface area contributed by atoms with Gasteiger partial charge in [0.2, 0.25) is 0 Å². The largest absolute Gasteiger partial charge is 0.478 e. The van der Waals surface area contributed by atoms with Gasteiger partial charge in [0.25, 0.3) is 0 Å². The van der Waals surface area contributed by atoms with E-state index in [1.807, 2.05) is 78.9 Å². The van der Waals surface area contributed by atoms with E-state index in [2.05, 4.69) is 9.97 Å². The number of nitrogens with zero attached hydrogens (tertiary/aromatic N) is 4. The summed E-state index contributed by atoms with van der Waals surface area (Å²) in [6.07, 6.45) is 3.48. The zero-order valence-corrected chi connectivity index (χ0v) is 19.5. The zero-order chi connectivity index (χ0) is 24.9. The number of pyridine rings is 4. The molecule has 1 N–H and O–H groups in total. The lowest BCUT2D eigenvalue weighted by atomic mass is 9.95. The van der Waals surface area contributed by atoms with Gasteiger partial charge in [0.15, 0.2) is 0 Å². The molecule has 37 heavy (non-hydrogen) atoms. The third kappa shape index (κ3) is 3.38. The lowest BCUT2D eigenvalue weighted by molar-refractivity contribution is 0.0698.